The molecule has 0 amide bonds. The van der Waals surface area contributed by atoms with Crippen LogP contribution in [-0.4, -0.2) is 7.85 Å². The first kappa shape index (κ1) is 8.01. The molecule has 0 aliphatic heterocycles. The fourth-order valence-electron chi connectivity index (χ4n) is 0.673. The molecule has 0 bridgehead atoms. The van der Waals surface area contributed by atoms with Gasteiger partial charge < -0.3 is 5.43 Å². The highest BCUT2D eigenvalue weighted by Crippen LogP contribution is 2.11. The average molecular weight is 154 g/mol. The molecule has 1 aromatic carbocycles. The van der Waals surface area contributed by atoms with Gasteiger partial charge in [-0.05, 0) is 6.07 Å². The summed E-state index contributed by atoms with van der Waals surface area (Å²) in [6.07, 6.45) is 0. The van der Waals surface area contributed by atoms with E-state index >= 15 is 0 Å². The molecule has 0 saturated heterocycles. The first-order valence-corrected chi connectivity index (χ1v) is 2.86. The van der Waals surface area contributed by atoms with Crippen LogP contribution in [0.5, 0.6) is 0 Å². The van der Waals surface area contributed by atoms with Crippen LogP contribution in [0.3, 0.4) is 0 Å². The topological polar surface area (TPSA) is 38.0 Å². The van der Waals surface area contributed by atoms with Gasteiger partial charge in [-0.25, -0.2) is 8.78 Å². The van der Waals surface area contributed by atoms with Gasteiger partial charge in [0.1, 0.15) is 19.5 Å². The SMILES string of the molecule is [B]c1cc(F)c(NN)cc1F. The molecule has 0 unspecified atom stereocenters. The van der Waals surface area contributed by atoms with E-state index in [9.17, 15) is 8.78 Å². The number of rotatable bonds is 1. The number of nitrogen functional groups attached to an aromatic ring is 1. The molecular formula is C6H5BF2N2. The lowest BCUT2D eigenvalue weighted by atomic mass is 9.95. The highest BCUT2D eigenvalue weighted by Gasteiger charge is 2.04. The Hall–Kier alpha value is -1.10. The van der Waals surface area contributed by atoms with Crippen molar-refractivity contribution < 1.29 is 8.78 Å². The van der Waals surface area contributed by atoms with E-state index in [2.05, 4.69) is 0 Å². The third kappa shape index (κ3) is 1.49. The zero-order chi connectivity index (χ0) is 8.43. The molecule has 11 heavy (non-hydrogen) atoms. The van der Waals surface area contributed by atoms with Crippen LogP contribution >= 0.6 is 0 Å². The van der Waals surface area contributed by atoms with E-state index in [-0.39, 0.29) is 11.2 Å². The summed E-state index contributed by atoms with van der Waals surface area (Å²) >= 11 is 0. The molecule has 0 saturated carbocycles. The van der Waals surface area contributed by atoms with Gasteiger partial charge in [0.15, 0.2) is 0 Å². The van der Waals surface area contributed by atoms with Crippen LogP contribution in [0.15, 0.2) is 12.1 Å². The fourth-order valence-corrected chi connectivity index (χ4v) is 0.673. The first-order chi connectivity index (χ1) is 5.15. The lowest BCUT2D eigenvalue weighted by molar-refractivity contribution is 0.609. The smallest absolute Gasteiger partial charge is 0.147 e. The molecule has 2 radical (unpaired) electrons. The number of hydrogen-bond donors (Lipinski definition) is 2. The van der Waals surface area contributed by atoms with E-state index in [1.54, 1.807) is 0 Å². The normalized spacial score (nSPS) is 9.73. The molecule has 5 heteroatoms. The van der Waals surface area contributed by atoms with Gasteiger partial charge in [-0.3, -0.25) is 5.84 Å². The highest BCUT2D eigenvalue weighted by molar-refractivity contribution is 6.32. The van der Waals surface area contributed by atoms with Crippen LogP contribution in [-0.2, 0) is 0 Å². The van der Waals surface area contributed by atoms with Crippen molar-refractivity contribution in [1.29, 1.82) is 0 Å². The van der Waals surface area contributed by atoms with Crippen molar-refractivity contribution in [3.63, 3.8) is 0 Å². The van der Waals surface area contributed by atoms with Crippen LogP contribution in [0.25, 0.3) is 0 Å². The van der Waals surface area contributed by atoms with Crippen LogP contribution in [0.4, 0.5) is 14.5 Å². The molecule has 0 fully saturated rings. The van der Waals surface area contributed by atoms with E-state index < -0.39 is 11.6 Å². The minimum Gasteiger partial charge on any atom is -0.321 e. The van der Waals surface area contributed by atoms with Gasteiger partial charge in [0.2, 0.25) is 0 Å². The second-order valence-corrected chi connectivity index (χ2v) is 2.00. The number of benzene rings is 1. The van der Waals surface area contributed by atoms with Crippen molar-refractivity contribution in [2.24, 2.45) is 5.84 Å². The molecule has 3 N–H and O–H groups in total. The Bertz CT molecular complexity index is 278. The number of anilines is 1. The van der Waals surface area contributed by atoms with Crippen LogP contribution in [0.2, 0.25) is 0 Å². The van der Waals surface area contributed by atoms with E-state index in [4.69, 9.17) is 13.7 Å². The maximum atomic E-state index is 12.6. The summed E-state index contributed by atoms with van der Waals surface area (Å²) in [4.78, 5) is 0. The predicted molar refractivity (Wildman–Crippen MR) is 39.6 cm³/mol. The maximum Gasteiger partial charge on any atom is 0.147 e. The summed E-state index contributed by atoms with van der Waals surface area (Å²) in [6.45, 7) is 0. The van der Waals surface area contributed by atoms with Gasteiger partial charge in [0, 0.05) is 6.07 Å². The molecule has 0 aromatic heterocycles. The molecule has 1 aromatic rings. The van der Waals surface area contributed by atoms with Gasteiger partial charge in [0.25, 0.3) is 0 Å². The largest absolute Gasteiger partial charge is 0.321 e. The Labute approximate surface area is 63.8 Å². The summed E-state index contributed by atoms with van der Waals surface area (Å²) in [5.74, 6) is 3.50. The molecule has 0 atom stereocenters. The Kier molecular flexibility index (Phi) is 2.09. The molecule has 0 aliphatic carbocycles. The van der Waals surface area contributed by atoms with Crippen molar-refractivity contribution in [3.05, 3.63) is 23.8 Å². The average Bonchev–Trinajstić information content (AvgIpc) is 1.97. The third-order valence-corrected chi connectivity index (χ3v) is 1.24. The standard InChI is InChI=1S/C6H5BF2N2/c7-3-1-5(9)6(11-10)2-4(3)8/h1-2,11H,10H2. The van der Waals surface area contributed by atoms with Crippen LogP contribution in [0.1, 0.15) is 0 Å². The number of nitrogens with two attached hydrogens (primary N) is 1. The van der Waals surface area contributed by atoms with Gasteiger partial charge in [-0.1, -0.05) is 5.46 Å². The van der Waals surface area contributed by atoms with Crippen molar-refractivity contribution in [3.8, 4) is 0 Å². The van der Waals surface area contributed by atoms with E-state index in [1.807, 2.05) is 5.43 Å². The minimum absolute atomic E-state index is 0.114. The van der Waals surface area contributed by atoms with E-state index in [0.29, 0.717) is 0 Å². The van der Waals surface area contributed by atoms with E-state index in [1.165, 1.54) is 0 Å². The van der Waals surface area contributed by atoms with Crippen LogP contribution < -0.4 is 16.7 Å². The second kappa shape index (κ2) is 2.88. The third-order valence-electron chi connectivity index (χ3n) is 1.24. The lowest BCUT2D eigenvalue weighted by Crippen LogP contribution is -2.14. The van der Waals surface area contributed by atoms with Gasteiger partial charge >= 0.3 is 0 Å². The Morgan fingerprint density at radius 3 is 2.45 bits per heavy atom. The molecule has 0 heterocycles. The van der Waals surface area contributed by atoms with Crippen molar-refractivity contribution in [1.82, 2.24) is 0 Å². The Morgan fingerprint density at radius 2 is 1.91 bits per heavy atom. The Balaban J connectivity index is 3.21. The fraction of sp³-hybridized carbons (Fsp3) is 0. The molecule has 0 aliphatic rings. The monoisotopic (exact) mass is 154 g/mol. The van der Waals surface area contributed by atoms with E-state index in [0.717, 1.165) is 12.1 Å². The van der Waals surface area contributed by atoms with Crippen LogP contribution in [0, 0.1) is 11.6 Å². The van der Waals surface area contributed by atoms with Gasteiger partial charge in [-0.2, -0.15) is 0 Å². The molecule has 1 rings (SSSR count). The predicted octanol–water partition coefficient (Wildman–Crippen LogP) is 0.0442. The highest BCUT2D eigenvalue weighted by atomic mass is 19.1. The summed E-state index contributed by atoms with van der Waals surface area (Å²) in [5.41, 5.74) is 1.64. The quantitative estimate of drug-likeness (QED) is 0.340. The van der Waals surface area contributed by atoms with Crippen molar-refractivity contribution in [2.45, 2.75) is 0 Å². The summed E-state index contributed by atoms with van der Waals surface area (Å²) < 4.78 is 25.2. The van der Waals surface area contributed by atoms with Gasteiger partial charge in [-0.15, -0.1) is 0 Å². The zero-order valence-electron chi connectivity index (χ0n) is 5.57. The molecule has 56 valence electrons. The zero-order valence-corrected chi connectivity index (χ0v) is 5.57. The molecule has 2 nitrogen and oxygen atoms in total. The van der Waals surface area contributed by atoms with Crippen molar-refractivity contribution >= 4 is 19.0 Å². The number of hydrogen-bond acceptors (Lipinski definition) is 2. The molecule has 0 spiro atoms. The minimum atomic E-state index is -0.695. The first-order valence-electron chi connectivity index (χ1n) is 2.86. The Morgan fingerprint density at radius 1 is 1.27 bits per heavy atom. The summed E-state index contributed by atoms with van der Waals surface area (Å²) in [5, 5.41) is 0. The maximum absolute atomic E-state index is 12.6. The second-order valence-electron chi connectivity index (χ2n) is 2.00. The summed E-state index contributed by atoms with van der Waals surface area (Å²) in [7, 11) is 5.06. The number of nitrogens with one attached hydrogen (secondary N) is 1. The van der Waals surface area contributed by atoms with Gasteiger partial charge in [0.05, 0.1) is 5.69 Å². The number of hydrazine groups is 1. The van der Waals surface area contributed by atoms with Crippen molar-refractivity contribution in [2.75, 3.05) is 5.43 Å². The lowest BCUT2D eigenvalue weighted by Gasteiger charge is -2.03. The summed E-state index contributed by atoms with van der Waals surface area (Å²) in [6, 6.07) is 1.76. The molecular weight excluding hydrogens is 149 g/mol. The number of halogens is 2.